The molecule has 0 saturated carbocycles. The van der Waals surface area contributed by atoms with Crippen LogP contribution in [0.5, 0.6) is 11.8 Å². The molecule has 2 aromatic heterocycles. The monoisotopic (exact) mass is 235 g/mol. The first-order valence-corrected chi connectivity index (χ1v) is 5.64. The lowest BCUT2D eigenvalue weighted by atomic mass is 10.4. The van der Waals surface area contributed by atoms with Gasteiger partial charge in [0.05, 0.1) is 5.69 Å². The fourth-order valence-corrected chi connectivity index (χ4v) is 1.59. The van der Waals surface area contributed by atoms with Gasteiger partial charge < -0.3 is 10.5 Å². The van der Waals surface area contributed by atoms with Crippen molar-refractivity contribution in [1.82, 2.24) is 20.0 Å². The number of aromatic amines is 1. The highest BCUT2D eigenvalue weighted by Gasteiger charge is 2.15. The number of rotatable bonds is 4. The Morgan fingerprint density at radius 3 is 2.82 bits per heavy atom. The summed E-state index contributed by atoms with van der Waals surface area (Å²) in [6.45, 7) is 6.63. The van der Waals surface area contributed by atoms with Crippen molar-refractivity contribution >= 4 is 5.69 Å². The molecule has 0 aliphatic rings. The van der Waals surface area contributed by atoms with E-state index in [1.54, 1.807) is 4.68 Å². The van der Waals surface area contributed by atoms with Crippen molar-refractivity contribution in [3.63, 3.8) is 0 Å². The van der Waals surface area contributed by atoms with Crippen LogP contribution in [-0.2, 0) is 6.54 Å². The minimum Gasteiger partial charge on any atom is -0.417 e. The van der Waals surface area contributed by atoms with Gasteiger partial charge in [0.25, 0.3) is 0 Å². The van der Waals surface area contributed by atoms with Gasteiger partial charge in [0.15, 0.2) is 0 Å². The Labute approximate surface area is 99.8 Å². The highest BCUT2D eigenvalue weighted by Crippen LogP contribution is 2.29. The van der Waals surface area contributed by atoms with Crippen LogP contribution < -0.4 is 10.5 Å². The van der Waals surface area contributed by atoms with E-state index >= 15 is 0 Å². The summed E-state index contributed by atoms with van der Waals surface area (Å²) in [6.07, 6.45) is 0.969. The van der Waals surface area contributed by atoms with Crippen molar-refractivity contribution in [3.8, 4) is 11.8 Å². The molecule has 6 heteroatoms. The van der Waals surface area contributed by atoms with Gasteiger partial charge in [-0.25, -0.2) is 4.68 Å². The maximum Gasteiger partial charge on any atom is 0.243 e. The van der Waals surface area contributed by atoms with Gasteiger partial charge in [0, 0.05) is 18.3 Å². The van der Waals surface area contributed by atoms with Crippen molar-refractivity contribution in [3.05, 3.63) is 17.5 Å². The maximum absolute atomic E-state index is 5.94. The highest BCUT2D eigenvalue weighted by atomic mass is 16.5. The summed E-state index contributed by atoms with van der Waals surface area (Å²) < 4.78 is 7.44. The van der Waals surface area contributed by atoms with Gasteiger partial charge in [0.1, 0.15) is 5.69 Å². The molecule has 2 aromatic rings. The molecule has 0 aliphatic carbocycles. The summed E-state index contributed by atoms with van der Waals surface area (Å²) in [5, 5.41) is 11.2. The Hall–Kier alpha value is -1.98. The number of nitrogens with two attached hydrogens (primary N) is 1. The number of nitrogen functional groups attached to an aromatic ring is 1. The van der Waals surface area contributed by atoms with Crippen LogP contribution in [0.25, 0.3) is 0 Å². The van der Waals surface area contributed by atoms with E-state index in [9.17, 15) is 0 Å². The average Bonchev–Trinajstić information content (AvgIpc) is 2.79. The smallest absolute Gasteiger partial charge is 0.243 e. The third kappa shape index (κ3) is 2.25. The second-order valence-corrected chi connectivity index (χ2v) is 4.02. The molecule has 0 fully saturated rings. The van der Waals surface area contributed by atoms with Gasteiger partial charge >= 0.3 is 0 Å². The SMILES string of the molecule is CCCn1nc(C)c(N)c1Oc1cc(C)[nH]n1. The molecule has 0 aliphatic heterocycles. The van der Waals surface area contributed by atoms with Crippen LogP contribution in [0, 0.1) is 13.8 Å². The highest BCUT2D eigenvalue weighted by molar-refractivity contribution is 5.53. The number of anilines is 1. The van der Waals surface area contributed by atoms with E-state index in [1.807, 2.05) is 19.9 Å². The van der Waals surface area contributed by atoms with Crippen LogP contribution >= 0.6 is 0 Å². The Morgan fingerprint density at radius 2 is 2.24 bits per heavy atom. The van der Waals surface area contributed by atoms with Crippen LogP contribution in [0.3, 0.4) is 0 Å². The summed E-state index contributed by atoms with van der Waals surface area (Å²) in [4.78, 5) is 0. The van der Waals surface area contributed by atoms with E-state index in [0.717, 1.165) is 24.4 Å². The van der Waals surface area contributed by atoms with Gasteiger partial charge in [-0.05, 0) is 20.3 Å². The largest absolute Gasteiger partial charge is 0.417 e. The number of ether oxygens (including phenoxy) is 1. The molecule has 0 unspecified atom stereocenters. The Kier molecular flexibility index (Phi) is 3.03. The lowest BCUT2D eigenvalue weighted by Gasteiger charge is -2.06. The third-order valence-corrected chi connectivity index (χ3v) is 2.44. The maximum atomic E-state index is 5.94. The number of H-pyrrole nitrogens is 1. The molecule has 2 rings (SSSR count). The molecule has 6 nitrogen and oxygen atoms in total. The van der Waals surface area contributed by atoms with Crippen LogP contribution in [0.4, 0.5) is 5.69 Å². The van der Waals surface area contributed by atoms with Gasteiger partial charge in [-0.2, -0.15) is 5.10 Å². The fraction of sp³-hybridized carbons (Fsp3) is 0.455. The van der Waals surface area contributed by atoms with Crippen molar-refractivity contribution in [2.45, 2.75) is 33.7 Å². The Morgan fingerprint density at radius 1 is 1.47 bits per heavy atom. The molecule has 0 bridgehead atoms. The molecule has 0 spiro atoms. The Bertz CT molecular complexity index is 514. The lowest BCUT2D eigenvalue weighted by molar-refractivity contribution is 0.397. The van der Waals surface area contributed by atoms with Gasteiger partial charge in [-0.1, -0.05) is 6.92 Å². The summed E-state index contributed by atoms with van der Waals surface area (Å²) in [5.74, 6) is 1.07. The van der Waals surface area contributed by atoms with Gasteiger partial charge in [-0.3, -0.25) is 5.10 Å². The molecular formula is C11H17N5O. The van der Waals surface area contributed by atoms with Crippen molar-refractivity contribution in [2.75, 3.05) is 5.73 Å². The molecular weight excluding hydrogens is 218 g/mol. The Balaban J connectivity index is 2.30. The third-order valence-electron chi connectivity index (χ3n) is 2.44. The minimum atomic E-state index is 0.506. The summed E-state index contributed by atoms with van der Waals surface area (Å²) in [7, 11) is 0. The first kappa shape index (κ1) is 11.5. The molecule has 92 valence electrons. The zero-order chi connectivity index (χ0) is 12.4. The van der Waals surface area contributed by atoms with E-state index in [-0.39, 0.29) is 0 Å². The molecule has 0 saturated heterocycles. The molecule has 2 heterocycles. The first-order chi connectivity index (χ1) is 8.11. The zero-order valence-corrected chi connectivity index (χ0v) is 10.3. The topological polar surface area (TPSA) is 81.8 Å². The number of nitrogens with zero attached hydrogens (tertiary/aromatic N) is 3. The number of aryl methyl sites for hydroxylation is 3. The average molecular weight is 235 g/mol. The minimum absolute atomic E-state index is 0.506. The van der Waals surface area contributed by atoms with E-state index in [0.29, 0.717) is 17.4 Å². The lowest BCUT2D eigenvalue weighted by Crippen LogP contribution is -2.02. The normalized spacial score (nSPS) is 10.8. The zero-order valence-electron chi connectivity index (χ0n) is 10.3. The van der Waals surface area contributed by atoms with E-state index in [1.165, 1.54) is 0 Å². The molecule has 0 radical (unpaired) electrons. The van der Waals surface area contributed by atoms with E-state index in [2.05, 4.69) is 22.2 Å². The van der Waals surface area contributed by atoms with E-state index in [4.69, 9.17) is 10.5 Å². The van der Waals surface area contributed by atoms with Crippen LogP contribution in [0.2, 0.25) is 0 Å². The van der Waals surface area contributed by atoms with Crippen molar-refractivity contribution < 1.29 is 4.74 Å². The number of hydrogen-bond acceptors (Lipinski definition) is 4. The second-order valence-electron chi connectivity index (χ2n) is 4.02. The fourth-order valence-electron chi connectivity index (χ4n) is 1.59. The molecule has 0 amide bonds. The predicted octanol–water partition coefficient (Wildman–Crippen LogP) is 2.01. The second kappa shape index (κ2) is 4.48. The van der Waals surface area contributed by atoms with Gasteiger partial charge in [0.2, 0.25) is 11.8 Å². The van der Waals surface area contributed by atoms with Gasteiger partial charge in [-0.15, -0.1) is 5.10 Å². The van der Waals surface area contributed by atoms with E-state index < -0.39 is 0 Å². The molecule has 0 aromatic carbocycles. The molecule has 3 N–H and O–H groups in total. The standard InChI is InChI=1S/C11H17N5O/c1-4-5-16-11(10(12)8(3)15-16)17-9-6-7(2)13-14-9/h6H,4-5,12H2,1-3H3,(H,13,14). The quantitative estimate of drug-likeness (QED) is 0.849. The molecule has 0 atom stereocenters. The number of hydrogen-bond donors (Lipinski definition) is 2. The first-order valence-electron chi connectivity index (χ1n) is 5.64. The number of nitrogens with one attached hydrogen (secondary N) is 1. The summed E-state index contributed by atoms with van der Waals surface area (Å²) >= 11 is 0. The predicted molar refractivity (Wildman–Crippen MR) is 65.1 cm³/mol. The van der Waals surface area contributed by atoms with Crippen LogP contribution in [-0.4, -0.2) is 20.0 Å². The van der Waals surface area contributed by atoms with Crippen molar-refractivity contribution in [1.29, 1.82) is 0 Å². The molecule has 17 heavy (non-hydrogen) atoms. The number of aromatic nitrogens is 4. The summed E-state index contributed by atoms with van der Waals surface area (Å²) in [6, 6.07) is 1.82. The van der Waals surface area contributed by atoms with Crippen LogP contribution in [0.15, 0.2) is 6.07 Å². The summed E-state index contributed by atoms with van der Waals surface area (Å²) in [5.41, 5.74) is 8.23. The van der Waals surface area contributed by atoms with Crippen LogP contribution in [0.1, 0.15) is 24.7 Å². The van der Waals surface area contributed by atoms with Crippen molar-refractivity contribution in [2.24, 2.45) is 0 Å².